The molecule has 3 rings (SSSR count). The third kappa shape index (κ3) is 3.80. The molecule has 1 aliphatic carbocycles. The van der Waals surface area contributed by atoms with E-state index in [1.807, 2.05) is 0 Å². The summed E-state index contributed by atoms with van der Waals surface area (Å²) in [6.45, 7) is 6.41. The zero-order chi connectivity index (χ0) is 18.7. The minimum absolute atomic E-state index is 0.331. The second kappa shape index (κ2) is 7.74. The maximum absolute atomic E-state index is 4.80. The van der Waals surface area contributed by atoms with Crippen LogP contribution < -0.4 is 0 Å². The largest absolute Gasteiger partial charge is 0.380 e. The van der Waals surface area contributed by atoms with Gasteiger partial charge in [0.25, 0.3) is 0 Å². The molecule has 2 nitrogen and oxygen atoms in total. The zero-order valence-electron chi connectivity index (χ0n) is 16.5. The number of aliphatic imine (C=N–C) groups is 1. The Labute approximate surface area is 157 Å². The first kappa shape index (κ1) is 18.2. The smallest absolute Gasteiger partial charge is 0.0684 e. The molecule has 1 aliphatic rings. The Balaban J connectivity index is 1.84. The molecule has 0 heterocycles. The summed E-state index contributed by atoms with van der Waals surface area (Å²) in [6.07, 6.45) is 9.53. The maximum atomic E-state index is 4.80. The van der Waals surface area contributed by atoms with Crippen LogP contribution in [0.4, 0.5) is 5.69 Å². The van der Waals surface area contributed by atoms with Crippen molar-refractivity contribution in [3.05, 3.63) is 88.1 Å². The summed E-state index contributed by atoms with van der Waals surface area (Å²) in [5.74, 6) is 0.331. The first-order valence-electron chi connectivity index (χ1n) is 9.21. The minimum atomic E-state index is 0.331. The van der Waals surface area contributed by atoms with Crippen LogP contribution in [0.25, 0.3) is 0 Å². The summed E-state index contributed by atoms with van der Waals surface area (Å²) in [7, 11) is 4.22. The van der Waals surface area contributed by atoms with Crippen LogP contribution in [0, 0.1) is 20.8 Å². The Morgan fingerprint density at radius 2 is 1.73 bits per heavy atom. The molecule has 2 aromatic rings. The average molecular weight is 345 g/mol. The van der Waals surface area contributed by atoms with Crippen LogP contribution >= 0.6 is 0 Å². The van der Waals surface area contributed by atoms with Gasteiger partial charge in [-0.15, -0.1) is 0 Å². The van der Waals surface area contributed by atoms with E-state index in [0.29, 0.717) is 5.92 Å². The Bertz CT molecular complexity index is 862. The molecular weight excluding hydrogens is 316 g/mol. The Morgan fingerprint density at radius 1 is 1.04 bits per heavy atom. The van der Waals surface area contributed by atoms with Crippen molar-refractivity contribution in [1.29, 1.82) is 0 Å². The molecule has 0 saturated carbocycles. The van der Waals surface area contributed by atoms with Crippen molar-refractivity contribution in [3.8, 4) is 0 Å². The third-order valence-electron chi connectivity index (χ3n) is 4.96. The summed E-state index contributed by atoms with van der Waals surface area (Å²) in [4.78, 5) is 7.00. The second-order valence-corrected chi connectivity index (χ2v) is 7.31. The Morgan fingerprint density at radius 3 is 2.42 bits per heavy atom. The highest BCUT2D eigenvalue weighted by Crippen LogP contribution is 2.33. The number of likely N-dealkylation sites (N-methyl/N-ethyl adjacent to an activating group) is 1. The lowest BCUT2D eigenvalue weighted by atomic mass is 9.91. The van der Waals surface area contributed by atoms with Crippen molar-refractivity contribution in [2.75, 3.05) is 14.1 Å². The van der Waals surface area contributed by atoms with E-state index < -0.39 is 0 Å². The highest BCUT2D eigenvalue weighted by Gasteiger charge is 2.20. The molecule has 134 valence electrons. The minimum Gasteiger partial charge on any atom is -0.380 e. The predicted molar refractivity (Wildman–Crippen MR) is 113 cm³/mol. The first-order valence-corrected chi connectivity index (χ1v) is 9.21. The van der Waals surface area contributed by atoms with Crippen LogP contribution in [0.1, 0.15) is 33.7 Å². The number of rotatable bonds is 5. The van der Waals surface area contributed by atoms with Crippen molar-refractivity contribution in [1.82, 2.24) is 4.90 Å². The average Bonchev–Trinajstić information content (AvgIpc) is 3.07. The zero-order valence-corrected chi connectivity index (χ0v) is 16.5. The van der Waals surface area contributed by atoms with Crippen molar-refractivity contribution in [3.63, 3.8) is 0 Å². The van der Waals surface area contributed by atoms with Crippen molar-refractivity contribution in [2.24, 2.45) is 4.99 Å². The monoisotopic (exact) mass is 344 g/mol. The van der Waals surface area contributed by atoms with Gasteiger partial charge in [0.1, 0.15) is 0 Å². The van der Waals surface area contributed by atoms with Gasteiger partial charge in [0.15, 0.2) is 0 Å². The van der Waals surface area contributed by atoms with Crippen LogP contribution in [0.15, 0.2) is 65.3 Å². The molecule has 1 unspecified atom stereocenters. The van der Waals surface area contributed by atoms with E-state index in [4.69, 9.17) is 4.99 Å². The Hall–Kier alpha value is -2.61. The number of aryl methyl sites for hydroxylation is 3. The van der Waals surface area contributed by atoms with Crippen LogP contribution in [0.2, 0.25) is 0 Å². The fourth-order valence-corrected chi connectivity index (χ4v) is 3.79. The van der Waals surface area contributed by atoms with E-state index in [1.54, 1.807) is 0 Å². The summed E-state index contributed by atoms with van der Waals surface area (Å²) >= 11 is 0. The van der Waals surface area contributed by atoms with Crippen LogP contribution in [0.5, 0.6) is 0 Å². The van der Waals surface area contributed by atoms with E-state index in [2.05, 4.69) is 101 Å². The molecule has 0 aromatic heterocycles. The van der Waals surface area contributed by atoms with E-state index in [0.717, 1.165) is 12.1 Å². The number of nitrogens with zero attached hydrogens (tertiary/aromatic N) is 2. The van der Waals surface area contributed by atoms with Gasteiger partial charge < -0.3 is 4.90 Å². The van der Waals surface area contributed by atoms with Gasteiger partial charge in [-0.3, -0.25) is 4.99 Å². The Kier molecular flexibility index (Phi) is 5.41. The molecule has 1 atom stereocenters. The summed E-state index contributed by atoms with van der Waals surface area (Å²) < 4.78 is 0. The van der Waals surface area contributed by atoms with Gasteiger partial charge in [0, 0.05) is 38.3 Å². The topological polar surface area (TPSA) is 15.6 Å². The molecule has 0 saturated heterocycles. The fraction of sp³-hybridized carbons (Fsp3) is 0.292. The fourth-order valence-electron chi connectivity index (χ4n) is 3.79. The number of hydrogen-bond acceptors (Lipinski definition) is 2. The quantitative estimate of drug-likeness (QED) is 0.639. The number of allylic oxidation sites excluding steroid dienone is 3. The van der Waals surface area contributed by atoms with Gasteiger partial charge in [-0.1, -0.05) is 54.1 Å². The molecule has 0 amide bonds. The lowest BCUT2D eigenvalue weighted by molar-refractivity contribution is 0.487. The molecule has 0 bridgehead atoms. The molecule has 0 aliphatic heterocycles. The highest BCUT2D eigenvalue weighted by atomic mass is 15.1. The molecule has 0 fully saturated rings. The van der Waals surface area contributed by atoms with Gasteiger partial charge in [-0.25, -0.2) is 0 Å². The molecule has 26 heavy (non-hydrogen) atoms. The number of hydrogen-bond donors (Lipinski definition) is 0. The maximum Gasteiger partial charge on any atom is 0.0684 e. The van der Waals surface area contributed by atoms with Crippen LogP contribution in [0.3, 0.4) is 0 Å². The van der Waals surface area contributed by atoms with Gasteiger partial charge in [0.2, 0.25) is 0 Å². The first-order chi connectivity index (χ1) is 12.5. The van der Waals surface area contributed by atoms with Crippen molar-refractivity contribution < 1.29 is 0 Å². The third-order valence-corrected chi connectivity index (χ3v) is 4.96. The highest BCUT2D eigenvalue weighted by molar-refractivity contribution is 5.70. The van der Waals surface area contributed by atoms with Gasteiger partial charge in [-0.05, 0) is 49.1 Å². The van der Waals surface area contributed by atoms with E-state index in [9.17, 15) is 0 Å². The summed E-state index contributed by atoms with van der Waals surface area (Å²) in [5.41, 5.74) is 8.91. The van der Waals surface area contributed by atoms with Gasteiger partial charge in [0.05, 0.1) is 5.69 Å². The SMILES string of the molecule is Cc1cc(C)c(N=CCc2ccccc2C2C=CC=C2N(C)C)c(C)c1. The summed E-state index contributed by atoms with van der Waals surface area (Å²) in [6, 6.07) is 13.1. The van der Waals surface area contributed by atoms with Gasteiger partial charge in [-0.2, -0.15) is 0 Å². The molecule has 2 heteroatoms. The van der Waals surface area contributed by atoms with E-state index in [1.165, 1.54) is 33.5 Å². The van der Waals surface area contributed by atoms with E-state index >= 15 is 0 Å². The molecule has 2 aromatic carbocycles. The van der Waals surface area contributed by atoms with Crippen molar-refractivity contribution >= 4 is 11.9 Å². The lowest BCUT2D eigenvalue weighted by Gasteiger charge is -2.23. The second-order valence-electron chi connectivity index (χ2n) is 7.31. The molecule has 0 N–H and O–H groups in total. The van der Waals surface area contributed by atoms with Crippen LogP contribution in [-0.4, -0.2) is 25.2 Å². The number of benzene rings is 2. The molecule has 0 radical (unpaired) electrons. The summed E-state index contributed by atoms with van der Waals surface area (Å²) in [5, 5.41) is 0. The molecular formula is C24H28N2. The molecule has 0 spiro atoms. The predicted octanol–water partition coefficient (Wildman–Crippen LogP) is 5.66. The standard InChI is InChI=1S/C24H28N2/c1-17-15-18(2)24(19(3)16-17)25-14-13-20-9-6-7-10-21(20)22-11-8-12-23(22)26(4)5/h6-12,14-16,22H,13H2,1-5H3. The van der Waals surface area contributed by atoms with Crippen molar-refractivity contribution in [2.45, 2.75) is 33.1 Å². The van der Waals surface area contributed by atoms with Gasteiger partial charge >= 0.3 is 0 Å². The lowest BCUT2D eigenvalue weighted by Crippen LogP contribution is -2.16. The van der Waals surface area contributed by atoms with Crippen LogP contribution in [-0.2, 0) is 6.42 Å². The normalized spacial score (nSPS) is 16.3. The van der Waals surface area contributed by atoms with E-state index in [-0.39, 0.29) is 0 Å².